The number of nitrogens with zero attached hydrogens (tertiary/aromatic N) is 2. The van der Waals surface area contributed by atoms with E-state index < -0.39 is 0 Å². The Bertz CT molecular complexity index is 1090. The molecule has 1 aliphatic heterocycles. The standard InChI is InChI=1S/C25H28FN3O2S2/c1-16(23(30)27-12-9-21-4-3-15-32-21)18-10-13-29(14-11-18)25(31)22-17(2)28-24(33-22)19-5-7-20(26)8-6-19/h3-8,15-16,18H,9-14H2,1-2H3,(H,27,30). The van der Waals surface area contributed by atoms with Crippen LogP contribution >= 0.6 is 22.7 Å². The first-order chi connectivity index (χ1) is 15.9. The third kappa shape index (κ3) is 5.68. The summed E-state index contributed by atoms with van der Waals surface area (Å²) in [6, 6.07) is 10.3. The third-order valence-corrected chi connectivity index (χ3v) is 8.41. The van der Waals surface area contributed by atoms with E-state index in [1.807, 2.05) is 30.2 Å². The number of hydrogen-bond donors (Lipinski definition) is 1. The number of rotatable bonds is 7. The van der Waals surface area contributed by atoms with Crippen LogP contribution in [0.25, 0.3) is 10.6 Å². The van der Waals surface area contributed by atoms with Gasteiger partial charge in [-0.1, -0.05) is 13.0 Å². The Labute approximate surface area is 201 Å². The van der Waals surface area contributed by atoms with Crippen molar-refractivity contribution in [2.75, 3.05) is 19.6 Å². The summed E-state index contributed by atoms with van der Waals surface area (Å²) in [6.07, 6.45) is 2.49. The average molecular weight is 486 g/mol. The molecule has 1 saturated heterocycles. The van der Waals surface area contributed by atoms with Gasteiger partial charge in [0.2, 0.25) is 5.91 Å². The fraction of sp³-hybridized carbons (Fsp3) is 0.400. The Morgan fingerprint density at radius 2 is 1.94 bits per heavy atom. The van der Waals surface area contributed by atoms with Gasteiger partial charge in [-0.05, 0) is 67.8 Å². The molecular weight excluding hydrogens is 457 g/mol. The van der Waals surface area contributed by atoms with Gasteiger partial charge in [0.25, 0.3) is 5.91 Å². The lowest BCUT2D eigenvalue weighted by Gasteiger charge is -2.34. The van der Waals surface area contributed by atoms with Crippen LogP contribution in [0.15, 0.2) is 41.8 Å². The first-order valence-electron chi connectivity index (χ1n) is 11.2. The molecule has 1 atom stereocenters. The van der Waals surface area contributed by atoms with E-state index in [-0.39, 0.29) is 29.5 Å². The number of carbonyl (C=O) groups excluding carboxylic acids is 2. The van der Waals surface area contributed by atoms with Crippen molar-refractivity contribution in [3.8, 4) is 10.6 Å². The summed E-state index contributed by atoms with van der Waals surface area (Å²) < 4.78 is 13.2. The third-order valence-electron chi connectivity index (χ3n) is 6.28. The summed E-state index contributed by atoms with van der Waals surface area (Å²) in [6.45, 7) is 5.76. The highest BCUT2D eigenvalue weighted by Gasteiger charge is 2.31. The maximum absolute atomic E-state index is 13.2. The average Bonchev–Trinajstić information content (AvgIpc) is 3.48. The summed E-state index contributed by atoms with van der Waals surface area (Å²) in [5, 5.41) is 5.83. The number of nitrogens with one attached hydrogen (secondary N) is 1. The van der Waals surface area contributed by atoms with Crippen LogP contribution < -0.4 is 5.32 Å². The van der Waals surface area contributed by atoms with Crippen LogP contribution in [0.2, 0.25) is 0 Å². The molecule has 0 bridgehead atoms. The highest BCUT2D eigenvalue weighted by atomic mass is 32.1. The van der Waals surface area contributed by atoms with Crippen LogP contribution in [-0.2, 0) is 11.2 Å². The normalized spacial score (nSPS) is 15.4. The Morgan fingerprint density at radius 1 is 1.21 bits per heavy atom. The lowest BCUT2D eigenvalue weighted by atomic mass is 9.84. The lowest BCUT2D eigenvalue weighted by Crippen LogP contribution is -2.43. The number of benzene rings is 1. The molecule has 4 rings (SSSR count). The molecular formula is C25H28FN3O2S2. The van der Waals surface area contributed by atoms with Gasteiger partial charge in [0.15, 0.2) is 0 Å². The minimum Gasteiger partial charge on any atom is -0.356 e. The zero-order valence-corrected chi connectivity index (χ0v) is 20.5. The Kier molecular flexibility index (Phi) is 7.55. The number of hydrogen-bond acceptors (Lipinski definition) is 5. The molecule has 3 heterocycles. The number of aromatic nitrogens is 1. The van der Waals surface area contributed by atoms with E-state index in [1.54, 1.807) is 23.5 Å². The van der Waals surface area contributed by atoms with Crippen LogP contribution in [0, 0.1) is 24.6 Å². The number of thiophene rings is 1. The van der Waals surface area contributed by atoms with Gasteiger partial charge in [-0.25, -0.2) is 9.37 Å². The Morgan fingerprint density at radius 3 is 2.61 bits per heavy atom. The molecule has 0 saturated carbocycles. The Hall–Kier alpha value is -2.58. The second-order valence-electron chi connectivity index (χ2n) is 8.48. The van der Waals surface area contributed by atoms with Crippen molar-refractivity contribution in [1.29, 1.82) is 0 Å². The molecule has 0 spiro atoms. The summed E-state index contributed by atoms with van der Waals surface area (Å²) in [7, 11) is 0. The second kappa shape index (κ2) is 10.6. The molecule has 5 nitrogen and oxygen atoms in total. The van der Waals surface area contributed by atoms with E-state index in [1.165, 1.54) is 28.3 Å². The molecule has 1 aliphatic rings. The Balaban J connectivity index is 1.29. The van der Waals surface area contributed by atoms with Crippen molar-refractivity contribution >= 4 is 34.5 Å². The molecule has 2 aromatic heterocycles. The highest BCUT2D eigenvalue weighted by molar-refractivity contribution is 7.17. The maximum Gasteiger partial charge on any atom is 0.265 e. The van der Waals surface area contributed by atoms with E-state index in [9.17, 15) is 14.0 Å². The molecule has 174 valence electrons. The molecule has 2 amide bonds. The zero-order valence-electron chi connectivity index (χ0n) is 18.8. The summed E-state index contributed by atoms with van der Waals surface area (Å²) in [4.78, 5) is 34.0. The summed E-state index contributed by atoms with van der Waals surface area (Å²) in [5.41, 5.74) is 1.51. The van der Waals surface area contributed by atoms with E-state index in [2.05, 4.69) is 16.4 Å². The first kappa shape index (κ1) is 23.6. The number of halogens is 1. The number of likely N-dealkylation sites (tertiary alicyclic amines) is 1. The van der Waals surface area contributed by atoms with E-state index in [0.29, 0.717) is 30.2 Å². The monoisotopic (exact) mass is 485 g/mol. The number of thiazole rings is 1. The largest absolute Gasteiger partial charge is 0.356 e. The van der Waals surface area contributed by atoms with Gasteiger partial charge < -0.3 is 10.2 Å². The smallest absolute Gasteiger partial charge is 0.265 e. The number of amides is 2. The first-order valence-corrected chi connectivity index (χ1v) is 12.9. The molecule has 1 aromatic carbocycles. The van der Waals surface area contributed by atoms with Crippen molar-refractivity contribution in [1.82, 2.24) is 15.2 Å². The van der Waals surface area contributed by atoms with Gasteiger partial charge in [-0.2, -0.15) is 0 Å². The highest BCUT2D eigenvalue weighted by Crippen LogP contribution is 2.31. The fourth-order valence-electron chi connectivity index (χ4n) is 4.20. The number of aryl methyl sites for hydroxylation is 1. The fourth-order valence-corrected chi connectivity index (χ4v) is 5.94. The van der Waals surface area contributed by atoms with Gasteiger partial charge in [0.1, 0.15) is 15.7 Å². The van der Waals surface area contributed by atoms with Gasteiger partial charge in [-0.15, -0.1) is 22.7 Å². The molecule has 1 unspecified atom stereocenters. The van der Waals surface area contributed by atoms with Gasteiger partial charge >= 0.3 is 0 Å². The van der Waals surface area contributed by atoms with Crippen molar-refractivity contribution in [3.05, 3.63) is 63.0 Å². The molecule has 3 aromatic rings. The topological polar surface area (TPSA) is 62.3 Å². The van der Waals surface area contributed by atoms with E-state index >= 15 is 0 Å². The number of piperidine rings is 1. The molecule has 1 N–H and O–H groups in total. The minimum atomic E-state index is -0.295. The maximum atomic E-state index is 13.2. The molecule has 1 fully saturated rings. The number of carbonyl (C=O) groups is 2. The van der Waals surface area contributed by atoms with Crippen molar-refractivity contribution in [2.24, 2.45) is 11.8 Å². The van der Waals surface area contributed by atoms with Crippen LogP contribution in [0.3, 0.4) is 0 Å². The van der Waals surface area contributed by atoms with Crippen LogP contribution in [0.4, 0.5) is 4.39 Å². The van der Waals surface area contributed by atoms with Gasteiger partial charge in [0.05, 0.1) is 5.69 Å². The van der Waals surface area contributed by atoms with E-state index in [0.717, 1.165) is 29.8 Å². The minimum absolute atomic E-state index is 0.00939. The molecule has 0 radical (unpaired) electrons. The van der Waals surface area contributed by atoms with Crippen molar-refractivity contribution in [2.45, 2.75) is 33.1 Å². The van der Waals surface area contributed by atoms with Gasteiger partial charge in [-0.3, -0.25) is 9.59 Å². The molecule has 0 aliphatic carbocycles. The summed E-state index contributed by atoms with van der Waals surface area (Å²) in [5.74, 6) is -0.00557. The van der Waals surface area contributed by atoms with E-state index in [4.69, 9.17) is 0 Å². The van der Waals surface area contributed by atoms with Crippen molar-refractivity contribution in [3.63, 3.8) is 0 Å². The van der Waals surface area contributed by atoms with Crippen molar-refractivity contribution < 1.29 is 14.0 Å². The van der Waals surface area contributed by atoms with Crippen LogP contribution in [-0.4, -0.2) is 41.3 Å². The van der Waals surface area contributed by atoms with Crippen LogP contribution in [0.5, 0.6) is 0 Å². The predicted octanol–water partition coefficient (Wildman–Crippen LogP) is 5.17. The second-order valence-corrected chi connectivity index (χ2v) is 10.5. The molecule has 8 heteroatoms. The lowest BCUT2D eigenvalue weighted by molar-refractivity contribution is -0.126. The SMILES string of the molecule is Cc1nc(-c2ccc(F)cc2)sc1C(=O)N1CCC(C(C)C(=O)NCCc2cccs2)CC1. The quantitative estimate of drug-likeness (QED) is 0.502. The van der Waals surface area contributed by atoms with Gasteiger partial charge in [0, 0.05) is 36.0 Å². The molecule has 33 heavy (non-hydrogen) atoms. The zero-order chi connectivity index (χ0) is 23.4. The summed E-state index contributed by atoms with van der Waals surface area (Å²) >= 11 is 3.06. The predicted molar refractivity (Wildman–Crippen MR) is 131 cm³/mol. The van der Waals surface area contributed by atoms with Crippen LogP contribution in [0.1, 0.15) is 40.0 Å².